The van der Waals surface area contributed by atoms with Crippen molar-refractivity contribution in [2.45, 2.75) is 0 Å². The van der Waals surface area contributed by atoms with Gasteiger partial charge in [-0.15, -0.1) is 0 Å². The van der Waals surface area contributed by atoms with Crippen LogP contribution in [0.25, 0.3) is 0 Å². The van der Waals surface area contributed by atoms with Crippen LogP contribution in [-0.4, -0.2) is 20.3 Å². The molecule has 5 nitrogen and oxygen atoms in total. The topological polar surface area (TPSA) is 69.6 Å². The number of rotatable bonds is 0. The van der Waals surface area contributed by atoms with Crippen LogP contribution in [0.1, 0.15) is 0 Å². The van der Waals surface area contributed by atoms with Crippen LogP contribution in [0.4, 0.5) is 0 Å². The average molecular weight is 84.1 g/mol. The molecule has 32 valence electrons. The van der Waals surface area contributed by atoms with E-state index < -0.39 is 0 Å². The molecule has 0 amide bonds. The van der Waals surface area contributed by atoms with Crippen molar-refractivity contribution in [2.75, 3.05) is 5.84 Å². The zero-order chi connectivity index (χ0) is 4.41. The zero-order valence-corrected chi connectivity index (χ0v) is 2.87. The number of nitrogen functional groups attached to an aromatic ring is 1. The normalized spacial score (nSPS) is 8.67. The van der Waals surface area contributed by atoms with Crippen molar-refractivity contribution in [1.29, 1.82) is 0 Å². The van der Waals surface area contributed by atoms with Gasteiger partial charge in [-0.1, -0.05) is 10.4 Å². The predicted octanol–water partition coefficient (Wildman–Crippen LogP) is -1.81. The van der Waals surface area contributed by atoms with Crippen LogP contribution in [0.5, 0.6) is 0 Å². The summed E-state index contributed by atoms with van der Waals surface area (Å²) in [4.78, 5) is 0.903. The lowest BCUT2D eigenvalue weighted by Crippen LogP contribution is -2.08. The molecule has 0 saturated carbocycles. The second-order valence-corrected chi connectivity index (χ2v) is 0.723. The molecule has 0 radical (unpaired) electrons. The molecule has 0 aliphatic rings. The van der Waals surface area contributed by atoms with Crippen molar-refractivity contribution in [3.8, 4) is 0 Å². The molecule has 0 aromatic carbocycles. The van der Waals surface area contributed by atoms with Gasteiger partial charge in [-0.2, -0.15) is 0 Å². The summed E-state index contributed by atoms with van der Waals surface area (Å²) in [6.45, 7) is 0. The Kier molecular flexibility index (Phi) is 0.474. The fourth-order valence-corrected chi connectivity index (χ4v) is 0.149. The lowest BCUT2D eigenvalue weighted by Gasteiger charge is -1.89. The highest BCUT2D eigenvalue weighted by Crippen LogP contribution is 1.50. The van der Waals surface area contributed by atoms with Crippen molar-refractivity contribution >= 4 is 0 Å². The zero-order valence-electron chi connectivity index (χ0n) is 2.87. The third-order valence-electron chi connectivity index (χ3n) is 0.328. The fourth-order valence-electron chi connectivity index (χ4n) is 0.149. The van der Waals surface area contributed by atoms with Crippen molar-refractivity contribution in [3.63, 3.8) is 0 Å². The van der Waals surface area contributed by atoms with Crippen LogP contribution < -0.4 is 5.84 Å². The van der Waals surface area contributed by atoms with Gasteiger partial charge in [0.1, 0.15) is 0 Å². The fraction of sp³-hybridized carbons (Fsp3) is 0. The maximum Gasteiger partial charge on any atom is -0.0638 e. The Bertz CT molecular complexity index is 107. The average Bonchev–Trinajstić information content (AvgIpc) is 1.86. The maximum atomic E-state index is 4.90. The molecule has 0 saturated heterocycles. The first-order valence-electron chi connectivity index (χ1n) is 1.31. The van der Waals surface area contributed by atoms with Gasteiger partial charge in [0, 0.05) is 0 Å². The second-order valence-electron chi connectivity index (χ2n) is 0.723. The SMILES string of the molecule is Nn1[c-]nnn1. The monoisotopic (exact) mass is 84.0 g/mol. The summed E-state index contributed by atoms with van der Waals surface area (Å²) in [5, 5.41) is 9.47. The third-order valence-corrected chi connectivity index (χ3v) is 0.328. The standard InChI is InChI=1S/CH2N5/c2-6-1-3-4-5-6/h2H2/q-1. The van der Waals surface area contributed by atoms with Crippen LogP contribution in [0.2, 0.25) is 0 Å². The summed E-state index contributed by atoms with van der Waals surface area (Å²) in [6.07, 6.45) is 2.22. The molecular formula is CH2N5-. The van der Waals surface area contributed by atoms with Crippen molar-refractivity contribution in [3.05, 3.63) is 6.33 Å². The Morgan fingerprint density at radius 2 is 2.50 bits per heavy atom. The van der Waals surface area contributed by atoms with Gasteiger partial charge in [0.25, 0.3) is 0 Å². The molecule has 0 fully saturated rings. The summed E-state index contributed by atoms with van der Waals surface area (Å²) in [5.74, 6) is 4.90. The van der Waals surface area contributed by atoms with Gasteiger partial charge in [0.15, 0.2) is 0 Å². The van der Waals surface area contributed by atoms with Gasteiger partial charge in [-0.05, 0) is 0 Å². The van der Waals surface area contributed by atoms with Crippen LogP contribution in [-0.2, 0) is 0 Å². The lowest BCUT2D eigenvalue weighted by atomic mass is 11.4. The molecule has 0 bridgehead atoms. The van der Waals surface area contributed by atoms with Gasteiger partial charge in [-0.25, -0.2) is 6.33 Å². The maximum absolute atomic E-state index is 4.90. The van der Waals surface area contributed by atoms with Gasteiger partial charge < -0.3 is 15.7 Å². The molecule has 0 spiro atoms. The van der Waals surface area contributed by atoms with Crippen LogP contribution in [0.3, 0.4) is 0 Å². The van der Waals surface area contributed by atoms with Gasteiger partial charge in [-0.3, -0.25) is 0 Å². The van der Waals surface area contributed by atoms with E-state index in [1.165, 1.54) is 0 Å². The molecule has 0 aliphatic heterocycles. The number of aromatic nitrogens is 4. The molecule has 5 heteroatoms. The molecule has 1 aromatic heterocycles. The minimum atomic E-state index is 0.903. The summed E-state index contributed by atoms with van der Waals surface area (Å²) >= 11 is 0. The molecule has 0 unspecified atom stereocenters. The molecule has 2 N–H and O–H groups in total. The van der Waals surface area contributed by atoms with Crippen molar-refractivity contribution < 1.29 is 0 Å². The molecule has 0 atom stereocenters. The van der Waals surface area contributed by atoms with E-state index in [-0.39, 0.29) is 0 Å². The Labute approximate surface area is 33.7 Å². The van der Waals surface area contributed by atoms with Crippen molar-refractivity contribution in [1.82, 2.24) is 20.3 Å². The first-order valence-corrected chi connectivity index (χ1v) is 1.31. The van der Waals surface area contributed by atoms with Crippen molar-refractivity contribution in [2.24, 2.45) is 0 Å². The highest BCUT2D eigenvalue weighted by molar-refractivity contribution is 4.34. The molecule has 6 heavy (non-hydrogen) atoms. The van der Waals surface area contributed by atoms with E-state index in [9.17, 15) is 0 Å². The summed E-state index contributed by atoms with van der Waals surface area (Å²) in [7, 11) is 0. The lowest BCUT2D eigenvalue weighted by molar-refractivity contribution is 0.754. The van der Waals surface area contributed by atoms with E-state index >= 15 is 0 Å². The van der Waals surface area contributed by atoms with Gasteiger partial charge >= 0.3 is 0 Å². The number of tetrazole rings is 1. The number of hydrogen-bond donors (Lipinski definition) is 1. The molecule has 1 heterocycles. The van der Waals surface area contributed by atoms with Gasteiger partial charge in [0.05, 0.1) is 0 Å². The predicted molar refractivity (Wildman–Crippen MR) is 16.8 cm³/mol. The Morgan fingerprint density at radius 1 is 1.67 bits per heavy atom. The third kappa shape index (κ3) is 0.291. The highest BCUT2D eigenvalue weighted by atomic mass is 15.6. The minimum Gasteiger partial charge on any atom is -0.353 e. The first kappa shape index (κ1) is 3.08. The van der Waals surface area contributed by atoms with Crippen LogP contribution in [0.15, 0.2) is 0 Å². The van der Waals surface area contributed by atoms with E-state index in [4.69, 9.17) is 5.84 Å². The Morgan fingerprint density at radius 3 is 2.67 bits per heavy atom. The van der Waals surface area contributed by atoms with Crippen LogP contribution >= 0.6 is 0 Å². The molecular weight excluding hydrogens is 82.0 g/mol. The first-order chi connectivity index (χ1) is 2.89. The summed E-state index contributed by atoms with van der Waals surface area (Å²) in [5.41, 5.74) is 0. The number of hydrogen-bond acceptors (Lipinski definition) is 4. The molecule has 0 aliphatic carbocycles. The number of nitrogens with zero attached hydrogens (tertiary/aromatic N) is 4. The molecule has 1 rings (SSSR count). The number of nitrogens with two attached hydrogens (primary N) is 1. The summed E-state index contributed by atoms with van der Waals surface area (Å²) < 4.78 is 0. The quantitative estimate of drug-likeness (QED) is 0.297. The smallest absolute Gasteiger partial charge is 0.0638 e. The minimum absolute atomic E-state index is 0.903. The van der Waals surface area contributed by atoms with Crippen LogP contribution in [0, 0.1) is 6.33 Å². The largest absolute Gasteiger partial charge is 0.353 e. The molecule has 1 aromatic rings. The van der Waals surface area contributed by atoms with E-state index in [0.29, 0.717) is 0 Å². The summed E-state index contributed by atoms with van der Waals surface area (Å²) in [6, 6.07) is 0. The van der Waals surface area contributed by atoms with Gasteiger partial charge in [0.2, 0.25) is 0 Å². The highest BCUT2D eigenvalue weighted by Gasteiger charge is 1.56. The Hall–Kier alpha value is -1.13. The Balaban J connectivity index is 3.05. The second kappa shape index (κ2) is 0.925. The van der Waals surface area contributed by atoms with E-state index in [0.717, 1.165) is 4.79 Å². The van der Waals surface area contributed by atoms with E-state index in [1.807, 2.05) is 0 Å². The van der Waals surface area contributed by atoms with E-state index in [2.05, 4.69) is 21.9 Å². The van der Waals surface area contributed by atoms with E-state index in [1.54, 1.807) is 0 Å².